The fraction of sp³-hybridized carbons (Fsp3) is 0.376. The normalized spacial score (nSPS) is 16.3. The van der Waals surface area contributed by atoms with Crippen molar-refractivity contribution >= 4 is 157 Å². The molecule has 0 spiro atoms. The number of amides is 2. The number of rotatable bonds is 22. The molecule has 29 nitrogen and oxygen atoms in total. The van der Waals surface area contributed by atoms with Crippen molar-refractivity contribution in [1.82, 2.24) is 51.0 Å². The molecular formula is C85H91Cl10N13O16. The minimum atomic E-state index is -1.02. The lowest BCUT2D eigenvalue weighted by Crippen LogP contribution is -2.16. The maximum absolute atomic E-state index is 12.0. The van der Waals surface area contributed by atoms with E-state index in [4.69, 9.17) is 174 Å². The summed E-state index contributed by atoms with van der Waals surface area (Å²) in [5.74, 6) is 5.32. The molecule has 2 amide bonds. The Morgan fingerprint density at radius 2 is 0.605 bits per heavy atom. The van der Waals surface area contributed by atoms with E-state index in [1.807, 2.05) is 0 Å². The summed E-state index contributed by atoms with van der Waals surface area (Å²) in [6.07, 6.45) is 13.3. The van der Waals surface area contributed by atoms with Gasteiger partial charge in [-0.05, 0) is 145 Å². The molecule has 0 radical (unpaired) electrons. The number of nitrogens with two attached hydrogens (primary N) is 1. The average molecular weight is 1910 g/mol. The third kappa shape index (κ3) is 20.0. The van der Waals surface area contributed by atoms with Gasteiger partial charge in [-0.25, -0.2) is 9.59 Å². The number of ether oxygens (including phenoxy) is 11. The topological polar surface area (TPSA) is 384 Å². The summed E-state index contributed by atoms with van der Waals surface area (Å²) in [6.45, 7) is 9.00. The molecule has 0 bridgehead atoms. The molecule has 5 aliphatic carbocycles. The molecular weight excluding hydrogens is 1810 g/mol. The molecule has 5 heterocycles. The molecule has 39 heteroatoms. The maximum atomic E-state index is 12.0. The van der Waals surface area contributed by atoms with Gasteiger partial charge in [0.1, 0.15) is 63.3 Å². The quantitative estimate of drug-likeness (QED) is 0.0225. The van der Waals surface area contributed by atoms with Crippen LogP contribution in [0.1, 0.15) is 174 Å². The average Bonchev–Trinajstić information content (AvgIpc) is 1.46. The van der Waals surface area contributed by atoms with Crippen molar-refractivity contribution in [1.29, 1.82) is 0 Å². The lowest BCUT2D eigenvalue weighted by atomic mass is 9.82. The Hall–Kier alpha value is -9.79. The predicted molar refractivity (Wildman–Crippen MR) is 480 cm³/mol. The summed E-state index contributed by atoms with van der Waals surface area (Å²) in [4.78, 5) is 46.3. The number of carboxylic acids is 1. The standard InChI is InChI=1S/2C18H19Cl2N3O3.C18H20Cl2N2O4.C16H16Cl2N2O4.C15H17Cl2N3O2/c2*1-4-14(24)21-18-10-6-5-9(7-11(10)22-23-18)15-16(19)12(25-2)8-13(26-3)17(15)20;1-4-26-18(23)17-10-6-5-9(7-11(10)21-22-17)14-15(19)12(24-2)8-13(25-3)16(14)20;1-23-10-6-11(24-2)14(18)12(13(10)17)7-3-4-8-9(5-7)19-20-15(8)16(21)22;1-21-10-6-11(22-2)14(17)12(13(10)16)7-3-4-8-9(5-7)19-20-15(8)18/h2*4,8-9H,1,5-7H2,2-3H3,(H2,21,22,23,24);8-9H,4-7H2,1-3H3,(H,21,22);6-7H,3-5H2,1-2H3,(H,19,20)(H,21,22);6-7H,3-5H2,1-2H3,(H3,18,19,20). The van der Waals surface area contributed by atoms with Gasteiger partial charge < -0.3 is 73.6 Å². The van der Waals surface area contributed by atoms with Crippen LogP contribution in [0.5, 0.6) is 57.5 Å². The highest BCUT2D eigenvalue weighted by Crippen LogP contribution is 2.54. The number of esters is 1. The number of hydrogen-bond acceptors (Lipinski definition) is 21. The van der Waals surface area contributed by atoms with Crippen molar-refractivity contribution in [2.24, 2.45) is 0 Å². The minimum Gasteiger partial charge on any atom is -0.495 e. The van der Waals surface area contributed by atoms with E-state index >= 15 is 0 Å². The minimum absolute atomic E-state index is 0.0172. The molecule has 10 N–H and O–H groups in total. The van der Waals surface area contributed by atoms with Crippen molar-refractivity contribution in [2.75, 3.05) is 94.1 Å². The summed E-state index contributed by atoms with van der Waals surface area (Å²) in [5, 5.41) is 54.9. The highest BCUT2D eigenvalue weighted by atomic mass is 35.5. The van der Waals surface area contributed by atoms with E-state index in [0.29, 0.717) is 182 Å². The number of nitrogens with one attached hydrogen (secondary N) is 7. The number of carbonyl (C=O) groups is 4. The summed E-state index contributed by atoms with van der Waals surface area (Å²) < 4.78 is 58.5. The molecule has 5 aromatic heterocycles. The number of aromatic amines is 5. The Morgan fingerprint density at radius 3 is 0.863 bits per heavy atom. The predicted octanol–water partition coefficient (Wildman–Crippen LogP) is 19.7. The number of anilines is 3. The maximum Gasteiger partial charge on any atom is 0.359 e. The van der Waals surface area contributed by atoms with Gasteiger partial charge in [0.15, 0.2) is 23.0 Å². The first-order chi connectivity index (χ1) is 59.5. The van der Waals surface area contributed by atoms with Gasteiger partial charge in [0.2, 0.25) is 11.8 Å². The molecule has 124 heavy (non-hydrogen) atoms. The Kier molecular flexibility index (Phi) is 32.5. The van der Waals surface area contributed by atoms with Crippen molar-refractivity contribution in [3.8, 4) is 57.5 Å². The highest BCUT2D eigenvalue weighted by molar-refractivity contribution is 6.41. The third-order valence-corrected chi connectivity index (χ3v) is 26.3. The van der Waals surface area contributed by atoms with Crippen LogP contribution in [0.15, 0.2) is 55.6 Å². The van der Waals surface area contributed by atoms with Crippen LogP contribution in [0, 0.1) is 0 Å². The number of carbonyl (C=O) groups excluding carboxylic acids is 3. The fourth-order valence-corrected chi connectivity index (χ4v) is 20.2. The second-order valence-corrected chi connectivity index (χ2v) is 32.7. The molecule has 0 fully saturated rings. The molecule has 662 valence electrons. The largest absolute Gasteiger partial charge is 0.495 e. The lowest BCUT2D eigenvalue weighted by Gasteiger charge is -2.26. The molecule has 5 aliphatic rings. The van der Waals surface area contributed by atoms with E-state index in [0.717, 1.165) is 135 Å². The van der Waals surface area contributed by atoms with E-state index in [1.54, 1.807) is 94.1 Å². The number of halogens is 10. The second-order valence-electron chi connectivity index (χ2n) is 28.9. The van der Waals surface area contributed by atoms with Gasteiger partial charge in [0.05, 0.1) is 128 Å². The number of benzene rings is 5. The second kappa shape index (κ2) is 42.5. The van der Waals surface area contributed by atoms with Crippen molar-refractivity contribution in [2.45, 2.75) is 133 Å². The number of aromatic nitrogens is 10. The number of nitrogen functional groups attached to an aromatic ring is 1. The molecule has 15 rings (SSSR count). The lowest BCUT2D eigenvalue weighted by molar-refractivity contribution is -0.112. The van der Waals surface area contributed by atoms with E-state index in [1.165, 1.54) is 26.4 Å². The number of methoxy groups -OCH3 is 10. The zero-order valence-electron chi connectivity index (χ0n) is 69.3. The van der Waals surface area contributed by atoms with Crippen LogP contribution in [0.4, 0.5) is 17.5 Å². The van der Waals surface area contributed by atoms with Crippen molar-refractivity contribution in [3.05, 3.63) is 201 Å². The smallest absolute Gasteiger partial charge is 0.359 e. The summed E-state index contributed by atoms with van der Waals surface area (Å²) in [6, 6.07) is 8.40. The van der Waals surface area contributed by atoms with Crippen molar-refractivity contribution in [3.63, 3.8) is 0 Å². The zero-order chi connectivity index (χ0) is 89.8. The molecule has 5 unspecified atom stereocenters. The molecule has 0 saturated heterocycles. The van der Waals surface area contributed by atoms with Gasteiger partial charge in [-0.3, -0.25) is 35.1 Å². The van der Waals surface area contributed by atoms with Crippen molar-refractivity contribution < 1.29 is 76.4 Å². The van der Waals surface area contributed by atoms with E-state index in [2.05, 4.69) is 74.8 Å². The highest BCUT2D eigenvalue weighted by Gasteiger charge is 2.38. The van der Waals surface area contributed by atoms with Crippen LogP contribution in [-0.2, 0) is 78.5 Å². The summed E-state index contributed by atoms with van der Waals surface area (Å²) in [5.41, 5.74) is 19.7. The summed E-state index contributed by atoms with van der Waals surface area (Å²) >= 11 is 65.2. The number of H-pyrrole nitrogens is 5. The molecule has 0 saturated carbocycles. The fourth-order valence-electron chi connectivity index (χ4n) is 16.2. The first kappa shape index (κ1) is 94.9. The SMILES string of the molecule is C=CC(=O)Nc1n[nH]c2c1CCC(c1c(Cl)c(OC)cc(OC)c1Cl)C2.C=CC(=O)Nc1n[nH]c2c1CCC(c1c(Cl)c(OC)cc(OC)c1Cl)C2.CCOC(=O)c1n[nH]c2c1CCC(c1c(Cl)c(OC)cc(OC)c1Cl)C2.COc1cc(OC)c(Cl)c(C2CCc3c(C(=O)O)n[nH]c3C2)c1Cl.COc1cc(OC)c(Cl)c(C2CCc3c(N)n[nH]c3C2)c1Cl. The van der Waals surface area contributed by atoms with E-state index in [-0.39, 0.29) is 47.1 Å². The van der Waals surface area contributed by atoms with Crippen LogP contribution in [0.3, 0.4) is 0 Å². The van der Waals surface area contributed by atoms with Gasteiger partial charge >= 0.3 is 11.9 Å². The first-order valence-electron chi connectivity index (χ1n) is 38.9. The number of hydrogen-bond donors (Lipinski definition) is 9. The number of fused-ring (bicyclic) bond motifs is 5. The van der Waals surface area contributed by atoms with Gasteiger partial charge in [-0.2, -0.15) is 25.5 Å². The van der Waals surface area contributed by atoms with Gasteiger partial charge in [0.25, 0.3) is 0 Å². The number of nitrogens with zero attached hydrogens (tertiary/aromatic N) is 5. The van der Waals surface area contributed by atoms with Crippen LogP contribution >= 0.6 is 116 Å². The molecule has 5 aromatic carbocycles. The van der Waals surface area contributed by atoms with Crippen LogP contribution in [-0.4, -0.2) is 158 Å². The first-order valence-corrected chi connectivity index (χ1v) is 42.6. The van der Waals surface area contributed by atoms with Gasteiger partial charge in [0, 0.05) is 114 Å². The van der Waals surface area contributed by atoms with Gasteiger partial charge in [-0.1, -0.05) is 129 Å². The zero-order valence-corrected chi connectivity index (χ0v) is 76.9. The summed E-state index contributed by atoms with van der Waals surface area (Å²) in [7, 11) is 15.6. The number of aromatic carboxylic acids is 1. The third-order valence-electron chi connectivity index (χ3n) is 22.4. The number of carboxylic acid groups (broad SMARTS) is 1. The monoisotopic (exact) mass is 1900 g/mol. The van der Waals surface area contributed by atoms with Crippen LogP contribution in [0.2, 0.25) is 50.2 Å². The Balaban J connectivity index is 0.000000151. The van der Waals surface area contributed by atoms with Gasteiger partial charge in [-0.15, -0.1) is 0 Å². The van der Waals surface area contributed by atoms with E-state index in [9.17, 15) is 24.3 Å². The Bertz CT molecular complexity index is 5370. The van der Waals surface area contributed by atoms with Crippen LogP contribution < -0.4 is 63.7 Å². The Morgan fingerprint density at radius 1 is 0.379 bits per heavy atom. The van der Waals surface area contributed by atoms with Crippen LogP contribution in [0.25, 0.3) is 0 Å². The van der Waals surface area contributed by atoms with E-state index < -0.39 is 11.9 Å². The molecule has 5 atom stereocenters. The molecule has 0 aliphatic heterocycles. The molecule has 10 aromatic rings. The Labute approximate surface area is 764 Å².